The molecule has 0 bridgehead atoms. The number of amides is 4. The summed E-state index contributed by atoms with van der Waals surface area (Å²) in [7, 11) is 0. The quantitative estimate of drug-likeness (QED) is 0.802. The molecule has 1 aliphatic heterocycles. The fourth-order valence-corrected chi connectivity index (χ4v) is 1.88. The molecule has 0 spiro atoms. The van der Waals surface area contributed by atoms with Crippen LogP contribution in [0.1, 0.15) is 30.9 Å². The lowest BCUT2D eigenvalue weighted by atomic mass is 9.88. The molecule has 0 saturated carbocycles. The van der Waals surface area contributed by atoms with Crippen LogP contribution in [-0.4, -0.2) is 27.9 Å². The molecule has 1 aromatic heterocycles. The number of urea groups is 1. The summed E-state index contributed by atoms with van der Waals surface area (Å²) in [6.07, 6.45) is 0. The Hall–Kier alpha value is -2.18. The van der Waals surface area contributed by atoms with Gasteiger partial charge >= 0.3 is 6.03 Å². The van der Waals surface area contributed by atoms with Crippen LogP contribution in [0.4, 0.5) is 4.79 Å². The number of barbiturate groups is 1. The van der Waals surface area contributed by atoms with Gasteiger partial charge in [-0.1, -0.05) is 5.16 Å². The third kappa shape index (κ3) is 2.00. The SMILES string of the molecule is Cc1noc(C)c1CN1C(=O)NC(=O)C(C)(C)C1=O. The molecule has 102 valence electrons. The van der Waals surface area contributed by atoms with Crippen molar-refractivity contribution in [2.24, 2.45) is 5.41 Å². The zero-order chi connectivity index (χ0) is 14.4. The first-order valence-corrected chi connectivity index (χ1v) is 5.84. The van der Waals surface area contributed by atoms with Crippen molar-refractivity contribution in [1.29, 1.82) is 0 Å². The molecule has 19 heavy (non-hydrogen) atoms. The van der Waals surface area contributed by atoms with E-state index in [1.807, 2.05) is 0 Å². The molecule has 2 heterocycles. The molecular weight excluding hydrogens is 250 g/mol. The van der Waals surface area contributed by atoms with Gasteiger partial charge in [0, 0.05) is 5.56 Å². The standard InChI is InChI=1S/C12H15N3O4/c1-6-8(7(2)19-14-6)5-15-10(17)12(3,4)9(16)13-11(15)18/h5H2,1-4H3,(H,13,16,18). The number of carbonyl (C=O) groups is 3. The van der Waals surface area contributed by atoms with Crippen molar-refractivity contribution in [1.82, 2.24) is 15.4 Å². The van der Waals surface area contributed by atoms with Crippen LogP contribution < -0.4 is 5.32 Å². The molecule has 2 rings (SSSR count). The Morgan fingerprint density at radius 1 is 1.26 bits per heavy atom. The minimum absolute atomic E-state index is 0.0442. The van der Waals surface area contributed by atoms with E-state index in [9.17, 15) is 14.4 Å². The third-order valence-corrected chi connectivity index (χ3v) is 3.31. The average Bonchev–Trinajstić information content (AvgIpc) is 2.63. The van der Waals surface area contributed by atoms with Crippen molar-refractivity contribution in [2.75, 3.05) is 0 Å². The van der Waals surface area contributed by atoms with E-state index >= 15 is 0 Å². The number of nitrogens with zero attached hydrogens (tertiary/aromatic N) is 2. The van der Waals surface area contributed by atoms with Crippen LogP contribution in [0.15, 0.2) is 4.52 Å². The minimum atomic E-state index is -1.26. The van der Waals surface area contributed by atoms with E-state index in [0.29, 0.717) is 17.0 Å². The first-order chi connectivity index (χ1) is 8.75. The molecule has 0 unspecified atom stereocenters. The maximum atomic E-state index is 12.2. The van der Waals surface area contributed by atoms with Gasteiger partial charge < -0.3 is 4.52 Å². The summed E-state index contributed by atoms with van der Waals surface area (Å²) >= 11 is 0. The highest BCUT2D eigenvalue weighted by Gasteiger charge is 2.47. The fraction of sp³-hybridized carbons (Fsp3) is 0.500. The first-order valence-electron chi connectivity index (χ1n) is 5.84. The molecule has 1 saturated heterocycles. The van der Waals surface area contributed by atoms with Gasteiger partial charge in [0.25, 0.3) is 0 Å². The number of carbonyl (C=O) groups excluding carboxylic acids is 3. The Labute approximate surface area is 109 Å². The molecule has 1 fully saturated rings. The van der Waals surface area contributed by atoms with Crippen LogP contribution in [0, 0.1) is 19.3 Å². The van der Waals surface area contributed by atoms with Gasteiger partial charge in [0.1, 0.15) is 11.2 Å². The molecule has 0 aliphatic carbocycles. The Kier molecular flexibility index (Phi) is 2.92. The predicted octanol–water partition coefficient (Wildman–Crippen LogP) is 0.896. The maximum absolute atomic E-state index is 12.2. The van der Waals surface area contributed by atoms with Crippen molar-refractivity contribution in [3.63, 3.8) is 0 Å². The number of hydrogen-bond donors (Lipinski definition) is 1. The van der Waals surface area contributed by atoms with E-state index in [0.717, 1.165) is 4.90 Å². The van der Waals surface area contributed by atoms with Crippen molar-refractivity contribution in [2.45, 2.75) is 34.2 Å². The van der Waals surface area contributed by atoms with Crippen molar-refractivity contribution in [3.8, 4) is 0 Å². The van der Waals surface area contributed by atoms with Crippen LogP contribution in [0.5, 0.6) is 0 Å². The second kappa shape index (κ2) is 4.18. The second-order valence-corrected chi connectivity index (χ2v) is 5.08. The summed E-state index contributed by atoms with van der Waals surface area (Å²) < 4.78 is 4.99. The van der Waals surface area contributed by atoms with E-state index in [-0.39, 0.29) is 6.54 Å². The zero-order valence-corrected chi connectivity index (χ0v) is 11.2. The molecule has 7 heteroatoms. The van der Waals surface area contributed by atoms with Crippen molar-refractivity contribution in [3.05, 3.63) is 17.0 Å². The highest BCUT2D eigenvalue weighted by atomic mass is 16.5. The van der Waals surface area contributed by atoms with E-state index in [1.165, 1.54) is 13.8 Å². The Balaban J connectivity index is 2.32. The molecule has 1 aliphatic rings. The summed E-state index contributed by atoms with van der Waals surface area (Å²) in [5.74, 6) is -0.563. The van der Waals surface area contributed by atoms with Crippen LogP contribution in [0.25, 0.3) is 0 Å². The van der Waals surface area contributed by atoms with Crippen LogP contribution in [0.3, 0.4) is 0 Å². The van der Waals surface area contributed by atoms with E-state index < -0.39 is 23.3 Å². The highest BCUT2D eigenvalue weighted by Crippen LogP contribution is 2.26. The van der Waals surface area contributed by atoms with E-state index in [2.05, 4.69) is 10.5 Å². The van der Waals surface area contributed by atoms with Gasteiger partial charge in [0.05, 0.1) is 12.2 Å². The van der Waals surface area contributed by atoms with Gasteiger partial charge in [-0.15, -0.1) is 0 Å². The van der Waals surface area contributed by atoms with Gasteiger partial charge in [-0.25, -0.2) is 4.79 Å². The Bertz CT molecular complexity index is 554. The summed E-state index contributed by atoms with van der Waals surface area (Å²) in [6.45, 7) is 6.45. The molecular formula is C12H15N3O4. The largest absolute Gasteiger partial charge is 0.361 e. The zero-order valence-electron chi connectivity index (χ0n) is 11.2. The number of aromatic nitrogens is 1. The van der Waals surface area contributed by atoms with Crippen LogP contribution >= 0.6 is 0 Å². The van der Waals surface area contributed by atoms with Crippen molar-refractivity contribution < 1.29 is 18.9 Å². The van der Waals surface area contributed by atoms with Crippen LogP contribution in [-0.2, 0) is 16.1 Å². The summed E-state index contributed by atoms with van der Waals surface area (Å²) in [5, 5.41) is 5.95. The first kappa shape index (κ1) is 13.3. The molecule has 0 aromatic carbocycles. The number of rotatable bonds is 2. The number of hydrogen-bond acceptors (Lipinski definition) is 5. The number of aryl methyl sites for hydroxylation is 2. The van der Waals surface area contributed by atoms with Crippen LogP contribution in [0.2, 0.25) is 0 Å². The van der Waals surface area contributed by atoms with Gasteiger partial charge in [-0.05, 0) is 27.7 Å². The lowest BCUT2D eigenvalue weighted by Crippen LogP contribution is -2.61. The average molecular weight is 265 g/mol. The summed E-state index contributed by atoms with van der Waals surface area (Å²) in [5.41, 5.74) is 0.0360. The lowest BCUT2D eigenvalue weighted by Gasteiger charge is -2.34. The maximum Gasteiger partial charge on any atom is 0.331 e. The monoisotopic (exact) mass is 265 g/mol. The molecule has 0 atom stereocenters. The molecule has 4 amide bonds. The van der Waals surface area contributed by atoms with E-state index in [4.69, 9.17) is 4.52 Å². The van der Waals surface area contributed by atoms with Gasteiger partial charge in [0.2, 0.25) is 11.8 Å². The summed E-state index contributed by atoms with van der Waals surface area (Å²) in [4.78, 5) is 36.6. The smallest absolute Gasteiger partial charge is 0.331 e. The van der Waals surface area contributed by atoms with Gasteiger partial charge in [0.15, 0.2) is 0 Å². The Morgan fingerprint density at radius 2 is 1.89 bits per heavy atom. The molecule has 1 aromatic rings. The topological polar surface area (TPSA) is 92.5 Å². The minimum Gasteiger partial charge on any atom is -0.361 e. The molecule has 1 N–H and O–H groups in total. The predicted molar refractivity (Wildman–Crippen MR) is 63.8 cm³/mol. The second-order valence-electron chi connectivity index (χ2n) is 5.08. The lowest BCUT2D eigenvalue weighted by molar-refractivity contribution is -0.149. The van der Waals surface area contributed by atoms with E-state index in [1.54, 1.807) is 13.8 Å². The third-order valence-electron chi connectivity index (χ3n) is 3.31. The normalized spacial score (nSPS) is 18.7. The van der Waals surface area contributed by atoms with Gasteiger partial charge in [-0.2, -0.15) is 0 Å². The summed E-state index contributed by atoms with van der Waals surface area (Å²) in [6, 6.07) is -0.714. The molecule has 7 nitrogen and oxygen atoms in total. The van der Waals surface area contributed by atoms with Gasteiger partial charge in [-0.3, -0.25) is 19.8 Å². The fourth-order valence-electron chi connectivity index (χ4n) is 1.88. The highest BCUT2D eigenvalue weighted by molar-refractivity contribution is 6.18. The molecule has 0 radical (unpaired) electrons. The Morgan fingerprint density at radius 3 is 2.42 bits per heavy atom. The number of nitrogens with one attached hydrogen (secondary N) is 1. The number of imide groups is 2. The van der Waals surface area contributed by atoms with Crippen molar-refractivity contribution >= 4 is 17.8 Å².